The van der Waals surface area contributed by atoms with Crippen molar-refractivity contribution in [2.45, 2.75) is 45.1 Å². The smallest absolute Gasteiger partial charge is 0.407 e. The molecule has 1 aliphatic carbocycles. The first-order valence-electron chi connectivity index (χ1n) is 12.8. The number of amides is 3. The minimum Gasteiger partial charge on any atom is -0.465 e. The van der Waals surface area contributed by atoms with Gasteiger partial charge >= 0.3 is 12.1 Å². The standard InChI is InChI=1S/C26H32N8O3/c1-17-15-22(31-25(35)29-18-5-3-2-4-6-18)30-23-21(17)16-27-24(32-23)28-19-7-9-20(10-8-19)33-11-13-34(14-12-33)26(36)37/h7-10,15-16,18H,2-6,11-14H2,1H3,(H,36,37)(H3,27,28,29,30,31,32,35). The molecule has 0 spiro atoms. The van der Waals surface area contributed by atoms with Crippen molar-refractivity contribution in [3.63, 3.8) is 0 Å². The zero-order valence-electron chi connectivity index (χ0n) is 20.9. The molecule has 1 aromatic carbocycles. The van der Waals surface area contributed by atoms with Gasteiger partial charge in [0.15, 0.2) is 5.65 Å². The van der Waals surface area contributed by atoms with Gasteiger partial charge in [-0.2, -0.15) is 4.98 Å². The first-order valence-corrected chi connectivity index (χ1v) is 12.8. The van der Waals surface area contributed by atoms with Crippen LogP contribution >= 0.6 is 0 Å². The largest absolute Gasteiger partial charge is 0.465 e. The van der Waals surface area contributed by atoms with Crippen LogP contribution < -0.4 is 20.9 Å². The summed E-state index contributed by atoms with van der Waals surface area (Å²) in [5, 5.41) is 19.1. The average Bonchev–Trinajstić information content (AvgIpc) is 2.89. The molecular weight excluding hydrogens is 472 g/mol. The molecule has 2 aromatic heterocycles. The van der Waals surface area contributed by atoms with E-state index in [0.29, 0.717) is 43.6 Å². The summed E-state index contributed by atoms with van der Waals surface area (Å²) >= 11 is 0. The molecule has 3 amide bonds. The summed E-state index contributed by atoms with van der Waals surface area (Å²) in [4.78, 5) is 40.8. The average molecular weight is 505 g/mol. The Labute approximate surface area is 215 Å². The van der Waals surface area contributed by atoms with E-state index in [1.165, 1.54) is 11.3 Å². The fourth-order valence-electron chi connectivity index (χ4n) is 4.92. The molecule has 3 heterocycles. The van der Waals surface area contributed by atoms with Gasteiger partial charge in [-0.15, -0.1) is 0 Å². The van der Waals surface area contributed by atoms with Crippen molar-refractivity contribution >= 4 is 46.3 Å². The number of rotatable bonds is 5. The maximum absolute atomic E-state index is 12.5. The lowest BCUT2D eigenvalue weighted by Crippen LogP contribution is -2.48. The van der Waals surface area contributed by atoms with Gasteiger partial charge in [0.2, 0.25) is 5.95 Å². The fourth-order valence-corrected chi connectivity index (χ4v) is 4.92. The number of aromatic nitrogens is 3. The molecule has 3 aromatic rings. The molecule has 0 bridgehead atoms. The molecule has 1 saturated heterocycles. The summed E-state index contributed by atoms with van der Waals surface area (Å²) in [6.45, 7) is 4.25. The Morgan fingerprint density at radius 1 is 1.00 bits per heavy atom. The van der Waals surface area contributed by atoms with Gasteiger partial charge in [0.25, 0.3) is 0 Å². The molecule has 37 heavy (non-hydrogen) atoms. The lowest BCUT2D eigenvalue weighted by atomic mass is 9.96. The maximum Gasteiger partial charge on any atom is 0.407 e. The van der Waals surface area contributed by atoms with Crippen LogP contribution in [0, 0.1) is 6.92 Å². The summed E-state index contributed by atoms with van der Waals surface area (Å²) in [6, 6.07) is 9.68. The van der Waals surface area contributed by atoms with Crippen LogP contribution in [0.4, 0.5) is 32.7 Å². The first-order chi connectivity index (χ1) is 17.9. The number of aryl methyl sites for hydroxylation is 1. The third-order valence-electron chi connectivity index (χ3n) is 6.99. The number of piperazine rings is 1. The number of pyridine rings is 1. The molecular formula is C26H32N8O3. The SMILES string of the molecule is Cc1cc(NC(=O)NC2CCCCC2)nc2nc(Nc3ccc(N4CCN(C(=O)O)CC4)cc3)ncc12. The lowest BCUT2D eigenvalue weighted by Gasteiger charge is -2.34. The molecule has 0 radical (unpaired) electrons. The molecule has 0 unspecified atom stereocenters. The van der Waals surface area contributed by atoms with E-state index in [1.54, 1.807) is 6.20 Å². The molecule has 2 aliphatic rings. The summed E-state index contributed by atoms with van der Waals surface area (Å²) in [5.74, 6) is 0.862. The van der Waals surface area contributed by atoms with Crippen molar-refractivity contribution in [3.05, 3.63) is 42.1 Å². The zero-order chi connectivity index (χ0) is 25.8. The zero-order valence-corrected chi connectivity index (χ0v) is 20.9. The Morgan fingerprint density at radius 3 is 2.43 bits per heavy atom. The second-order valence-electron chi connectivity index (χ2n) is 9.62. The van der Waals surface area contributed by atoms with Crippen LogP contribution in [-0.2, 0) is 0 Å². The van der Waals surface area contributed by atoms with Crippen LogP contribution in [0.1, 0.15) is 37.7 Å². The van der Waals surface area contributed by atoms with Gasteiger partial charge in [-0.1, -0.05) is 19.3 Å². The van der Waals surface area contributed by atoms with Gasteiger partial charge in [0.1, 0.15) is 5.82 Å². The third kappa shape index (κ3) is 5.99. The van der Waals surface area contributed by atoms with Gasteiger partial charge in [0, 0.05) is 55.2 Å². The number of hydrogen-bond acceptors (Lipinski definition) is 7. The number of benzene rings is 1. The predicted molar refractivity (Wildman–Crippen MR) is 143 cm³/mol. The second kappa shape index (κ2) is 10.9. The predicted octanol–water partition coefficient (Wildman–Crippen LogP) is 4.33. The molecule has 2 fully saturated rings. The van der Waals surface area contributed by atoms with E-state index >= 15 is 0 Å². The number of carbonyl (C=O) groups is 2. The highest BCUT2D eigenvalue weighted by molar-refractivity contribution is 5.90. The molecule has 4 N–H and O–H groups in total. The van der Waals surface area contributed by atoms with Crippen molar-refractivity contribution in [3.8, 4) is 0 Å². The number of hydrogen-bond donors (Lipinski definition) is 4. The highest BCUT2D eigenvalue weighted by Gasteiger charge is 2.20. The Bertz CT molecular complexity index is 1270. The Morgan fingerprint density at radius 2 is 1.73 bits per heavy atom. The normalized spacial score (nSPS) is 16.5. The quantitative estimate of drug-likeness (QED) is 0.403. The second-order valence-corrected chi connectivity index (χ2v) is 9.62. The number of fused-ring (bicyclic) bond motifs is 1. The van der Waals surface area contributed by atoms with Crippen molar-refractivity contribution < 1.29 is 14.7 Å². The number of urea groups is 1. The summed E-state index contributed by atoms with van der Waals surface area (Å²) in [7, 11) is 0. The molecule has 1 saturated carbocycles. The van der Waals surface area contributed by atoms with Crippen LogP contribution in [0.5, 0.6) is 0 Å². The molecule has 11 heteroatoms. The van der Waals surface area contributed by atoms with Gasteiger partial charge < -0.3 is 25.5 Å². The Kier molecular flexibility index (Phi) is 7.20. The molecule has 11 nitrogen and oxygen atoms in total. The van der Waals surface area contributed by atoms with Crippen LogP contribution in [-0.4, -0.2) is 69.3 Å². The highest BCUT2D eigenvalue weighted by Crippen LogP contribution is 2.24. The van der Waals surface area contributed by atoms with Crippen molar-refractivity contribution in [1.82, 2.24) is 25.2 Å². The minimum absolute atomic E-state index is 0.217. The number of anilines is 4. The lowest BCUT2D eigenvalue weighted by molar-refractivity contribution is 0.142. The number of nitrogens with zero attached hydrogens (tertiary/aromatic N) is 5. The van der Waals surface area contributed by atoms with E-state index in [2.05, 4.69) is 35.8 Å². The van der Waals surface area contributed by atoms with Crippen molar-refractivity contribution in [2.75, 3.05) is 41.7 Å². The summed E-state index contributed by atoms with van der Waals surface area (Å²) in [6.07, 6.45) is 6.43. The van der Waals surface area contributed by atoms with E-state index in [4.69, 9.17) is 5.11 Å². The van der Waals surface area contributed by atoms with Crippen LogP contribution in [0.25, 0.3) is 11.0 Å². The molecule has 5 rings (SSSR count). The van der Waals surface area contributed by atoms with Crippen LogP contribution in [0.3, 0.4) is 0 Å². The van der Waals surface area contributed by atoms with E-state index in [0.717, 1.165) is 48.0 Å². The van der Waals surface area contributed by atoms with Gasteiger partial charge in [-0.05, 0) is 55.7 Å². The van der Waals surface area contributed by atoms with Gasteiger partial charge in [-0.25, -0.2) is 19.6 Å². The number of carbonyl (C=O) groups excluding carboxylic acids is 1. The van der Waals surface area contributed by atoms with Gasteiger partial charge in [-0.3, -0.25) is 5.32 Å². The molecule has 194 valence electrons. The van der Waals surface area contributed by atoms with E-state index in [1.807, 2.05) is 37.3 Å². The Balaban J connectivity index is 1.24. The topological polar surface area (TPSA) is 136 Å². The molecule has 1 aliphatic heterocycles. The number of carboxylic acid groups (broad SMARTS) is 1. The Hall–Kier alpha value is -4.15. The van der Waals surface area contributed by atoms with E-state index in [-0.39, 0.29) is 12.1 Å². The fraction of sp³-hybridized carbons (Fsp3) is 0.423. The maximum atomic E-state index is 12.5. The van der Waals surface area contributed by atoms with Crippen LogP contribution in [0.15, 0.2) is 36.5 Å². The van der Waals surface area contributed by atoms with Crippen molar-refractivity contribution in [2.24, 2.45) is 0 Å². The highest BCUT2D eigenvalue weighted by atomic mass is 16.4. The summed E-state index contributed by atoms with van der Waals surface area (Å²) < 4.78 is 0. The van der Waals surface area contributed by atoms with E-state index < -0.39 is 6.09 Å². The third-order valence-corrected chi connectivity index (χ3v) is 6.99. The monoisotopic (exact) mass is 504 g/mol. The van der Waals surface area contributed by atoms with E-state index in [9.17, 15) is 9.59 Å². The van der Waals surface area contributed by atoms with Gasteiger partial charge in [0.05, 0.1) is 0 Å². The first kappa shape index (κ1) is 24.5. The van der Waals surface area contributed by atoms with Crippen LogP contribution in [0.2, 0.25) is 0 Å². The minimum atomic E-state index is -0.870. The summed E-state index contributed by atoms with van der Waals surface area (Å²) in [5.41, 5.74) is 3.29. The van der Waals surface area contributed by atoms with Crippen molar-refractivity contribution in [1.29, 1.82) is 0 Å². The number of nitrogens with one attached hydrogen (secondary N) is 3. The molecule has 0 atom stereocenters.